The Morgan fingerprint density at radius 2 is 1.95 bits per heavy atom. The van der Waals surface area contributed by atoms with Crippen molar-refractivity contribution in [1.29, 1.82) is 0 Å². The van der Waals surface area contributed by atoms with Gasteiger partial charge < -0.3 is 0 Å². The van der Waals surface area contributed by atoms with Gasteiger partial charge in [-0.3, -0.25) is 4.98 Å². The van der Waals surface area contributed by atoms with E-state index in [4.69, 9.17) is 11.6 Å². The van der Waals surface area contributed by atoms with E-state index in [1.165, 1.54) is 22.6 Å². The van der Waals surface area contributed by atoms with Gasteiger partial charge in [-0.05, 0) is 38.1 Å². The monoisotopic (exact) mass is 325 g/mol. The molecule has 0 aromatic carbocycles. The molecule has 0 bridgehead atoms. The quantitative estimate of drug-likeness (QED) is 0.793. The SMILES string of the molecule is CC(C)N(Cc1ccccn1)S(=O)(=O)c1ccc(Cl)nc1. The van der Waals surface area contributed by atoms with Crippen molar-refractivity contribution in [3.63, 3.8) is 0 Å². The van der Waals surface area contributed by atoms with E-state index in [1.807, 2.05) is 19.9 Å². The molecule has 2 rings (SSSR count). The van der Waals surface area contributed by atoms with E-state index in [0.717, 1.165) is 0 Å². The molecule has 0 fully saturated rings. The third-order valence-electron chi connectivity index (χ3n) is 2.93. The Morgan fingerprint density at radius 3 is 2.48 bits per heavy atom. The van der Waals surface area contributed by atoms with Gasteiger partial charge in [0.1, 0.15) is 10.0 Å². The van der Waals surface area contributed by atoms with Gasteiger partial charge >= 0.3 is 0 Å². The van der Waals surface area contributed by atoms with E-state index < -0.39 is 10.0 Å². The predicted octanol–water partition coefficient (Wildman–Crippen LogP) is 2.73. The van der Waals surface area contributed by atoms with Gasteiger partial charge in [-0.2, -0.15) is 4.31 Å². The molecule has 0 atom stereocenters. The molecule has 0 amide bonds. The fourth-order valence-corrected chi connectivity index (χ4v) is 3.51. The summed E-state index contributed by atoms with van der Waals surface area (Å²) in [6.07, 6.45) is 2.91. The van der Waals surface area contributed by atoms with Crippen LogP contribution >= 0.6 is 11.6 Å². The highest BCUT2D eigenvalue weighted by atomic mass is 35.5. The van der Waals surface area contributed by atoms with Crippen molar-refractivity contribution >= 4 is 21.6 Å². The Bertz CT molecular complexity index is 688. The zero-order chi connectivity index (χ0) is 15.5. The van der Waals surface area contributed by atoms with Crippen LogP contribution in [0.1, 0.15) is 19.5 Å². The Kier molecular flexibility index (Phi) is 4.92. The van der Waals surface area contributed by atoms with Crippen LogP contribution in [0.4, 0.5) is 0 Å². The van der Waals surface area contributed by atoms with Crippen LogP contribution < -0.4 is 0 Å². The van der Waals surface area contributed by atoms with Crippen LogP contribution in [-0.2, 0) is 16.6 Å². The van der Waals surface area contributed by atoms with Crippen LogP contribution in [0.5, 0.6) is 0 Å². The Balaban J connectivity index is 2.35. The van der Waals surface area contributed by atoms with E-state index >= 15 is 0 Å². The summed E-state index contributed by atoms with van der Waals surface area (Å²) in [6.45, 7) is 3.86. The first kappa shape index (κ1) is 15.9. The zero-order valence-corrected chi connectivity index (χ0v) is 13.3. The number of rotatable bonds is 5. The minimum atomic E-state index is -3.64. The highest BCUT2D eigenvalue weighted by Gasteiger charge is 2.27. The van der Waals surface area contributed by atoms with E-state index in [9.17, 15) is 8.42 Å². The molecule has 2 aromatic rings. The number of sulfonamides is 1. The van der Waals surface area contributed by atoms with Gasteiger partial charge in [-0.25, -0.2) is 13.4 Å². The standard InChI is InChI=1S/C14H16ClN3O2S/c1-11(2)18(10-12-5-3-4-8-16-12)21(19,20)13-6-7-14(15)17-9-13/h3-9,11H,10H2,1-2H3. The molecule has 0 spiro atoms. The molecule has 0 aliphatic rings. The van der Waals surface area contributed by atoms with Gasteiger partial charge in [0, 0.05) is 18.4 Å². The molecule has 0 unspecified atom stereocenters. The lowest BCUT2D eigenvalue weighted by Crippen LogP contribution is -2.36. The average Bonchev–Trinajstić information content (AvgIpc) is 2.46. The van der Waals surface area contributed by atoms with Crippen molar-refractivity contribution in [2.75, 3.05) is 0 Å². The molecule has 0 saturated heterocycles. The number of aromatic nitrogens is 2. The average molecular weight is 326 g/mol. The van der Waals surface area contributed by atoms with Crippen LogP contribution in [0.3, 0.4) is 0 Å². The van der Waals surface area contributed by atoms with Crippen molar-refractivity contribution < 1.29 is 8.42 Å². The summed E-state index contributed by atoms with van der Waals surface area (Å²) in [6, 6.07) is 8.14. The molecule has 2 heterocycles. The van der Waals surface area contributed by atoms with Crippen molar-refractivity contribution in [1.82, 2.24) is 14.3 Å². The minimum absolute atomic E-state index is 0.122. The molecule has 0 aliphatic carbocycles. The van der Waals surface area contributed by atoms with Gasteiger partial charge in [-0.15, -0.1) is 0 Å². The fraction of sp³-hybridized carbons (Fsp3) is 0.286. The second kappa shape index (κ2) is 6.51. The molecule has 0 N–H and O–H groups in total. The van der Waals surface area contributed by atoms with Crippen molar-refractivity contribution in [2.45, 2.75) is 31.3 Å². The third kappa shape index (κ3) is 3.78. The Morgan fingerprint density at radius 1 is 1.19 bits per heavy atom. The lowest BCUT2D eigenvalue weighted by Gasteiger charge is -2.25. The molecule has 0 saturated carbocycles. The summed E-state index contributed by atoms with van der Waals surface area (Å²) in [4.78, 5) is 8.14. The van der Waals surface area contributed by atoms with Crippen LogP contribution in [-0.4, -0.2) is 28.7 Å². The van der Waals surface area contributed by atoms with Gasteiger partial charge in [0.2, 0.25) is 10.0 Å². The lowest BCUT2D eigenvalue weighted by atomic mass is 10.3. The molecule has 7 heteroatoms. The van der Waals surface area contributed by atoms with Crippen LogP contribution in [0.25, 0.3) is 0 Å². The van der Waals surface area contributed by atoms with E-state index in [0.29, 0.717) is 5.69 Å². The largest absolute Gasteiger partial charge is 0.260 e. The first-order valence-corrected chi connectivity index (χ1v) is 8.26. The maximum atomic E-state index is 12.7. The predicted molar refractivity (Wildman–Crippen MR) is 81.3 cm³/mol. The Hall–Kier alpha value is -1.50. The van der Waals surface area contributed by atoms with Gasteiger partial charge in [0.25, 0.3) is 0 Å². The Labute approximate surface area is 129 Å². The second-order valence-corrected chi connectivity index (χ2v) is 7.06. The summed E-state index contributed by atoms with van der Waals surface area (Å²) >= 11 is 5.70. The molecular weight excluding hydrogens is 310 g/mol. The number of pyridine rings is 2. The summed E-state index contributed by atoms with van der Waals surface area (Å²) in [5.41, 5.74) is 0.691. The molecule has 21 heavy (non-hydrogen) atoms. The first-order chi connectivity index (χ1) is 9.91. The van der Waals surface area contributed by atoms with Crippen LogP contribution in [0.15, 0.2) is 47.6 Å². The summed E-state index contributed by atoms with van der Waals surface area (Å²) in [5.74, 6) is 0. The second-order valence-electron chi connectivity index (χ2n) is 4.78. The zero-order valence-electron chi connectivity index (χ0n) is 11.8. The maximum Gasteiger partial charge on any atom is 0.245 e. The molecule has 0 aliphatic heterocycles. The third-order valence-corrected chi connectivity index (χ3v) is 5.16. The summed E-state index contributed by atoms with van der Waals surface area (Å²) in [7, 11) is -3.64. The van der Waals surface area contributed by atoms with Crippen molar-refractivity contribution in [2.24, 2.45) is 0 Å². The number of nitrogens with zero attached hydrogens (tertiary/aromatic N) is 3. The fourth-order valence-electron chi connectivity index (χ4n) is 1.85. The highest BCUT2D eigenvalue weighted by molar-refractivity contribution is 7.89. The van der Waals surface area contributed by atoms with Crippen molar-refractivity contribution in [3.8, 4) is 0 Å². The lowest BCUT2D eigenvalue weighted by molar-refractivity contribution is 0.344. The van der Waals surface area contributed by atoms with Gasteiger partial charge in [0.15, 0.2) is 0 Å². The molecule has 2 aromatic heterocycles. The first-order valence-electron chi connectivity index (χ1n) is 6.44. The normalized spacial score (nSPS) is 12.0. The molecule has 5 nitrogen and oxygen atoms in total. The van der Waals surface area contributed by atoms with Gasteiger partial charge in [0.05, 0.1) is 12.2 Å². The summed E-state index contributed by atoms with van der Waals surface area (Å²) in [5, 5.41) is 0.259. The van der Waals surface area contributed by atoms with E-state index in [2.05, 4.69) is 9.97 Å². The number of halogens is 1. The van der Waals surface area contributed by atoms with E-state index in [1.54, 1.807) is 18.3 Å². The smallest absolute Gasteiger partial charge is 0.245 e. The minimum Gasteiger partial charge on any atom is -0.260 e. The van der Waals surface area contributed by atoms with E-state index in [-0.39, 0.29) is 22.6 Å². The molecule has 112 valence electrons. The van der Waals surface area contributed by atoms with Crippen LogP contribution in [0.2, 0.25) is 5.15 Å². The van der Waals surface area contributed by atoms with Gasteiger partial charge in [-0.1, -0.05) is 17.7 Å². The highest BCUT2D eigenvalue weighted by Crippen LogP contribution is 2.20. The van der Waals surface area contributed by atoms with Crippen molar-refractivity contribution in [3.05, 3.63) is 53.6 Å². The molecular formula is C14H16ClN3O2S. The summed E-state index contributed by atoms with van der Waals surface area (Å²) < 4.78 is 26.8. The van der Waals surface area contributed by atoms with Crippen LogP contribution in [0, 0.1) is 0 Å². The maximum absolute atomic E-state index is 12.7. The number of hydrogen-bond acceptors (Lipinski definition) is 4. The number of hydrogen-bond donors (Lipinski definition) is 0. The molecule has 0 radical (unpaired) electrons. The topological polar surface area (TPSA) is 63.2 Å².